The van der Waals surface area contributed by atoms with Crippen molar-refractivity contribution in [3.05, 3.63) is 32.4 Å². The fourth-order valence-corrected chi connectivity index (χ4v) is 2.83. The third-order valence-electron chi connectivity index (χ3n) is 1.73. The van der Waals surface area contributed by atoms with Crippen LogP contribution in [0.25, 0.3) is 0 Å². The van der Waals surface area contributed by atoms with E-state index in [4.69, 9.17) is 11.6 Å². The molecule has 5 heteroatoms. The van der Waals surface area contributed by atoms with E-state index in [0.29, 0.717) is 0 Å². The Morgan fingerprint density at radius 3 is 2.93 bits per heavy atom. The van der Waals surface area contributed by atoms with Gasteiger partial charge in [-0.2, -0.15) is 0 Å². The van der Waals surface area contributed by atoms with Gasteiger partial charge in [0, 0.05) is 11.3 Å². The lowest BCUT2D eigenvalue weighted by Crippen LogP contribution is -1.82. The highest BCUT2D eigenvalue weighted by Crippen LogP contribution is 2.25. The Morgan fingerprint density at radius 1 is 1.50 bits per heavy atom. The maximum atomic E-state index is 5.91. The third-order valence-corrected chi connectivity index (χ3v) is 4.05. The molecule has 1 unspecified atom stereocenters. The van der Waals surface area contributed by atoms with Gasteiger partial charge >= 0.3 is 0 Å². The molecule has 0 radical (unpaired) electrons. The highest BCUT2D eigenvalue weighted by molar-refractivity contribution is 7.12. The van der Waals surface area contributed by atoms with Crippen molar-refractivity contribution < 1.29 is 0 Å². The van der Waals surface area contributed by atoms with Crippen LogP contribution in [0.2, 0.25) is 0 Å². The third kappa shape index (κ3) is 2.32. The van der Waals surface area contributed by atoms with Crippen molar-refractivity contribution >= 4 is 34.3 Å². The van der Waals surface area contributed by atoms with Crippen LogP contribution in [0, 0.1) is 0 Å². The van der Waals surface area contributed by atoms with E-state index >= 15 is 0 Å². The predicted octanol–water partition coefficient (Wildman–Crippen LogP) is 3.49. The van der Waals surface area contributed by atoms with Gasteiger partial charge in [0.05, 0.1) is 5.38 Å². The zero-order valence-corrected chi connectivity index (χ0v) is 9.99. The number of aromatic nitrogens is 2. The monoisotopic (exact) mass is 244 g/mol. The number of halogens is 1. The molecule has 2 heterocycles. The van der Waals surface area contributed by atoms with E-state index < -0.39 is 0 Å². The average Bonchev–Trinajstić information content (AvgIpc) is 2.75. The zero-order valence-electron chi connectivity index (χ0n) is 7.61. The van der Waals surface area contributed by atoms with Gasteiger partial charge in [-0.05, 0) is 18.4 Å². The summed E-state index contributed by atoms with van der Waals surface area (Å²) in [5.74, 6) is 0. The second-order valence-electron chi connectivity index (χ2n) is 2.91. The number of hydrogen-bond acceptors (Lipinski definition) is 4. The minimum atomic E-state index is -0.0374. The van der Waals surface area contributed by atoms with Crippen LogP contribution in [0.15, 0.2) is 17.5 Å². The Hall–Kier alpha value is -0.450. The van der Waals surface area contributed by atoms with E-state index in [-0.39, 0.29) is 5.38 Å². The van der Waals surface area contributed by atoms with E-state index in [9.17, 15) is 0 Å². The molecule has 0 saturated heterocycles. The summed E-state index contributed by atoms with van der Waals surface area (Å²) in [6, 6.07) is 4.15. The average molecular weight is 245 g/mol. The first kappa shape index (κ1) is 10.1. The van der Waals surface area contributed by atoms with Crippen LogP contribution in [0.1, 0.15) is 27.2 Å². The minimum Gasteiger partial charge on any atom is -0.148 e. The summed E-state index contributed by atoms with van der Waals surface area (Å²) in [6.45, 7) is 1.91. The lowest BCUT2D eigenvalue weighted by molar-refractivity contribution is 0.934. The van der Waals surface area contributed by atoms with Crippen LogP contribution < -0.4 is 0 Å². The number of hydrogen-bond donors (Lipinski definition) is 0. The van der Waals surface area contributed by atoms with Gasteiger partial charge in [-0.15, -0.1) is 33.1 Å². The molecule has 0 N–H and O–H groups in total. The van der Waals surface area contributed by atoms with Gasteiger partial charge in [-0.3, -0.25) is 0 Å². The highest BCUT2D eigenvalue weighted by atomic mass is 35.5. The molecular weight excluding hydrogens is 236 g/mol. The van der Waals surface area contributed by atoms with Gasteiger partial charge in [0.25, 0.3) is 0 Å². The fraction of sp³-hybridized carbons (Fsp3) is 0.333. The Kier molecular flexibility index (Phi) is 3.15. The van der Waals surface area contributed by atoms with Crippen molar-refractivity contribution in [1.29, 1.82) is 0 Å². The summed E-state index contributed by atoms with van der Waals surface area (Å²) in [4.78, 5) is 1.31. The minimum absolute atomic E-state index is 0.0374. The molecule has 0 aliphatic rings. The smallest absolute Gasteiger partial charge is 0.135 e. The largest absolute Gasteiger partial charge is 0.148 e. The number of nitrogens with zero attached hydrogens (tertiary/aromatic N) is 2. The molecule has 2 nitrogen and oxygen atoms in total. The van der Waals surface area contributed by atoms with E-state index in [1.54, 1.807) is 22.7 Å². The van der Waals surface area contributed by atoms with Gasteiger partial charge in [0.2, 0.25) is 0 Å². The van der Waals surface area contributed by atoms with Crippen LogP contribution in [-0.2, 0) is 6.42 Å². The normalized spacial score (nSPS) is 13.0. The quantitative estimate of drug-likeness (QED) is 0.773. The maximum absolute atomic E-state index is 5.91. The predicted molar refractivity (Wildman–Crippen MR) is 61.3 cm³/mol. The van der Waals surface area contributed by atoms with Gasteiger partial charge in [0.1, 0.15) is 10.0 Å². The van der Waals surface area contributed by atoms with Crippen LogP contribution in [0.5, 0.6) is 0 Å². The Labute approximate surface area is 95.6 Å². The Morgan fingerprint density at radius 2 is 2.36 bits per heavy atom. The second-order valence-corrected chi connectivity index (χ2v) is 5.69. The maximum Gasteiger partial charge on any atom is 0.135 e. The van der Waals surface area contributed by atoms with Crippen LogP contribution in [0.4, 0.5) is 0 Å². The van der Waals surface area contributed by atoms with Gasteiger partial charge < -0.3 is 0 Å². The summed E-state index contributed by atoms with van der Waals surface area (Å²) >= 11 is 9.24. The molecule has 0 bridgehead atoms. The van der Waals surface area contributed by atoms with Crippen molar-refractivity contribution in [3.63, 3.8) is 0 Å². The molecular formula is C9H9ClN2S2. The van der Waals surface area contributed by atoms with Gasteiger partial charge in [0.15, 0.2) is 0 Å². The molecule has 0 aliphatic carbocycles. The molecule has 0 amide bonds. The van der Waals surface area contributed by atoms with Crippen molar-refractivity contribution in [1.82, 2.24) is 10.2 Å². The van der Waals surface area contributed by atoms with Crippen molar-refractivity contribution in [3.8, 4) is 0 Å². The first-order valence-corrected chi connectivity index (χ1v) is 6.37. The second kappa shape index (κ2) is 4.38. The molecule has 0 fully saturated rings. The van der Waals surface area contributed by atoms with Crippen molar-refractivity contribution in [2.24, 2.45) is 0 Å². The lowest BCUT2D eigenvalue weighted by Gasteiger charge is -1.91. The Bertz CT molecular complexity index is 395. The molecule has 0 spiro atoms. The van der Waals surface area contributed by atoms with E-state index in [1.165, 1.54) is 4.88 Å². The summed E-state index contributed by atoms with van der Waals surface area (Å²) in [5, 5.41) is 12.1. The van der Waals surface area contributed by atoms with Gasteiger partial charge in [-0.25, -0.2) is 0 Å². The van der Waals surface area contributed by atoms with E-state index in [2.05, 4.69) is 21.6 Å². The number of rotatable bonds is 3. The van der Waals surface area contributed by atoms with Gasteiger partial charge in [-0.1, -0.05) is 17.4 Å². The molecule has 1 atom stereocenters. The standard InChI is InChI=1S/C9H9ClN2S2/c1-6(10)9-12-11-8(14-9)5-7-3-2-4-13-7/h2-4,6H,5H2,1H3. The Balaban J connectivity index is 2.11. The van der Waals surface area contributed by atoms with Crippen molar-refractivity contribution in [2.75, 3.05) is 0 Å². The topological polar surface area (TPSA) is 25.8 Å². The summed E-state index contributed by atoms with van der Waals surface area (Å²) < 4.78 is 0. The lowest BCUT2D eigenvalue weighted by atomic mass is 10.4. The first-order valence-electron chi connectivity index (χ1n) is 4.24. The molecule has 0 aliphatic heterocycles. The summed E-state index contributed by atoms with van der Waals surface area (Å²) in [7, 11) is 0. The number of alkyl halides is 1. The molecule has 2 aromatic heterocycles. The number of thiophene rings is 1. The van der Waals surface area contributed by atoms with Crippen LogP contribution in [-0.4, -0.2) is 10.2 Å². The molecule has 14 heavy (non-hydrogen) atoms. The van der Waals surface area contributed by atoms with E-state index in [1.807, 2.05) is 13.0 Å². The molecule has 2 rings (SSSR count). The summed E-state index contributed by atoms with van der Waals surface area (Å²) in [6.07, 6.45) is 0.874. The summed E-state index contributed by atoms with van der Waals surface area (Å²) in [5.41, 5.74) is 0. The van der Waals surface area contributed by atoms with E-state index in [0.717, 1.165) is 16.4 Å². The van der Waals surface area contributed by atoms with Crippen LogP contribution in [0.3, 0.4) is 0 Å². The molecule has 2 aromatic rings. The first-order chi connectivity index (χ1) is 6.75. The van der Waals surface area contributed by atoms with Crippen LogP contribution >= 0.6 is 34.3 Å². The highest BCUT2D eigenvalue weighted by Gasteiger charge is 2.09. The molecule has 0 aromatic carbocycles. The fourth-order valence-electron chi connectivity index (χ4n) is 1.06. The van der Waals surface area contributed by atoms with Crippen molar-refractivity contribution in [2.45, 2.75) is 18.7 Å². The molecule has 74 valence electrons. The SMILES string of the molecule is CC(Cl)c1nnc(Cc2cccs2)s1. The zero-order chi connectivity index (χ0) is 9.97. The molecule has 0 saturated carbocycles.